The monoisotopic (exact) mass is 296 g/mol. The molecule has 0 aliphatic carbocycles. The van der Waals surface area contributed by atoms with Crippen molar-refractivity contribution < 1.29 is 13.2 Å². The van der Waals surface area contributed by atoms with Gasteiger partial charge in [0.2, 0.25) is 0 Å². The second-order valence-electron chi connectivity index (χ2n) is 5.02. The second kappa shape index (κ2) is 5.83. The summed E-state index contributed by atoms with van der Waals surface area (Å²) in [6.07, 6.45) is 0.830. The molecule has 1 aromatic carbocycles. The van der Waals surface area contributed by atoms with Crippen LogP contribution in [0.4, 0.5) is 10.5 Å². The largest absolute Gasteiger partial charge is 0.337 e. The number of amides is 2. The molecule has 0 fully saturated rings. The lowest BCUT2D eigenvalue weighted by Gasteiger charge is -2.23. The molecule has 20 heavy (non-hydrogen) atoms. The molecule has 1 atom stereocenters. The Morgan fingerprint density at radius 1 is 1.40 bits per heavy atom. The zero-order valence-electron chi connectivity index (χ0n) is 11.8. The number of fused-ring (bicyclic) bond motifs is 1. The number of sulfone groups is 1. The maximum Gasteiger partial charge on any atom is 0.322 e. The van der Waals surface area contributed by atoms with Crippen molar-refractivity contribution in [3.63, 3.8) is 0 Å². The normalized spacial score (nSPS) is 17.9. The van der Waals surface area contributed by atoms with Crippen molar-refractivity contribution in [2.24, 2.45) is 0 Å². The Balaban J connectivity index is 2.00. The highest BCUT2D eigenvalue weighted by Crippen LogP contribution is 2.31. The summed E-state index contributed by atoms with van der Waals surface area (Å²) < 4.78 is 22.8. The molecule has 0 spiro atoms. The molecule has 1 heterocycles. The molecule has 5 nitrogen and oxygen atoms in total. The number of hydrogen-bond acceptors (Lipinski definition) is 3. The summed E-state index contributed by atoms with van der Waals surface area (Å²) in [6, 6.07) is 7.66. The number of rotatable bonds is 4. The number of nitrogens with zero attached hydrogens (tertiary/aromatic N) is 1. The molecular weight excluding hydrogens is 276 g/mol. The lowest BCUT2D eigenvalue weighted by Crippen LogP contribution is -2.44. The van der Waals surface area contributed by atoms with Crippen molar-refractivity contribution in [3.05, 3.63) is 29.8 Å². The molecular formula is C14H20N2O3S. The number of anilines is 1. The van der Waals surface area contributed by atoms with Gasteiger partial charge in [-0.15, -0.1) is 0 Å². The maximum absolute atomic E-state index is 12.2. The molecule has 1 aliphatic heterocycles. The fourth-order valence-corrected chi connectivity index (χ4v) is 3.12. The first kappa shape index (κ1) is 14.8. The Morgan fingerprint density at radius 3 is 2.80 bits per heavy atom. The SMILES string of the molecule is CCS(=O)(=O)CCNC(=O)N1c2ccccc2C[C@@H]1C. The molecule has 0 saturated carbocycles. The first-order valence-corrected chi connectivity index (χ1v) is 8.62. The smallest absolute Gasteiger partial charge is 0.322 e. The molecule has 0 bridgehead atoms. The van der Waals surface area contributed by atoms with Crippen molar-refractivity contribution in [2.75, 3.05) is 23.0 Å². The fourth-order valence-electron chi connectivity index (χ4n) is 2.42. The van der Waals surface area contributed by atoms with Gasteiger partial charge in [0.25, 0.3) is 0 Å². The Bertz CT molecular complexity index is 598. The highest BCUT2D eigenvalue weighted by molar-refractivity contribution is 7.91. The Kier molecular flexibility index (Phi) is 4.32. The Hall–Kier alpha value is -1.56. The van der Waals surface area contributed by atoms with Crippen LogP contribution in [0.5, 0.6) is 0 Å². The van der Waals surface area contributed by atoms with Crippen LogP contribution in [0.3, 0.4) is 0 Å². The van der Waals surface area contributed by atoms with Crippen molar-refractivity contribution in [1.29, 1.82) is 0 Å². The summed E-state index contributed by atoms with van der Waals surface area (Å²) in [4.78, 5) is 13.9. The molecule has 0 radical (unpaired) electrons. The summed E-state index contributed by atoms with van der Waals surface area (Å²) in [5, 5.41) is 2.69. The van der Waals surface area contributed by atoms with Gasteiger partial charge in [-0.3, -0.25) is 4.90 Å². The van der Waals surface area contributed by atoms with E-state index in [1.165, 1.54) is 0 Å². The fraction of sp³-hybridized carbons (Fsp3) is 0.500. The van der Waals surface area contributed by atoms with Crippen molar-refractivity contribution in [3.8, 4) is 0 Å². The lowest BCUT2D eigenvalue weighted by atomic mass is 10.1. The molecule has 110 valence electrons. The van der Waals surface area contributed by atoms with Crippen LogP contribution in [0.1, 0.15) is 19.4 Å². The van der Waals surface area contributed by atoms with Crippen LogP contribution in [0.2, 0.25) is 0 Å². The van der Waals surface area contributed by atoms with E-state index in [2.05, 4.69) is 5.32 Å². The minimum atomic E-state index is -3.05. The third-order valence-corrected chi connectivity index (χ3v) is 5.26. The zero-order valence-corrected chi connectivity index (χ0v) is 12.6. The molecule has 2 rings (SSSR count). The van der Waals surface area contributed by atoms with Gasteiger partial charge in [-0.25, -0.2) is 13.2 Å². The first-order valence-electron chi connectivity index (χ1n) is 6.80. The van der Waals surface area contributed by atoms with Crippen LogP contribution in [0.15, 0.2) is 24.3 Å². The second-order valence-corrected chi connectivity index (χ2v) is 7.49. The lowest BCUT2D eigenvalue weighted by molar-refractivity contribution is 0.245. The minimum absolute atomic E-state index is 0.0148. The minimum Gasteiger partial charge on any atom is -0.337 e. The summed E-state index contributed by atoms with van der Waals surface area (Å²) in [5.41, 5.74) is 2.06. The van der Waals surface area contributed by atoms with Gasteiger partial charge in [0, 0.05) is 24.0 Å². The van der Waals surface area contributed by atoms with Crippen LogP contribution in [0, 0.1) is 0 Å². The molecule has 2 amide bonds. The van der Waals surface area contributed by atoms with Crippen molar-refractivity contribution in [1.82, 2.24) is 5.32 Å². The summed E-state index contributed by atoms with van der Waals surface area (Å²) in [7, 11) is -3.05. The molecule has 0 aromatic heterocycles. The molecule has 0 saturated heterocycles. The molecule has 1 aliphatic rings. The van der Waals surface area contributed by atoms with Crippen LogP contribution in [-0.2, 0) is 16.3 Å². The van der Waals surface area contributed by atoms with Gasteiger partial charge in [0.15, 0.2) is 9.84 Å². The quantitative estimate of drug-likeness (QED) is 0.917. The third kappa shape index (κ3) is 3.12. The van der Waals surface area contributed by atoms with E-state index in [1.807, 2.05) is 31.2 Å². The van der Waals surface area contributed by atoms with Gasteiger partial charge in [-0.1, -0.05) is 25.1 Å². The third-order valence-electron chi connectivity index (χ3n) is 3.56. The van der Waals surface area contributed by atoms with Gasteiger partial charge in [0.1, 0.15) is 0 Å². The van der Waals surface area contributed by atoms with E-state index in [9.17, 15) is 13.2 Å². The predicted molar refractivity (Wildman–Crippen MR) is 79.8 cm³/mol. The van der Waals surface area contributed by atoms with E-state index in [4.69, 9.17) is 0 Å². The van der Waals surface area contributed by atoms with Gasteiger partial charge in [-0.2, -0.15) is 0 Å². The van der Waals surface area contributed by atoms with E-state index < -0.39 is 9.84 Å². The summed E-state index contributed by atoms with van der Waals surface area (Å²) in [6.45, 7) is 3.75. The number of para-hydroxylation sites is 1. The predicted octanol–water partition coefficient (Wildman–Crippen LogP) is 1.58. The standard InChI is InChI=1S/C14H20N2O3S/c1-3-20(18,19)9-8-15-14(17)16-11(2)10-12-6-4-5-7-13(12)16/h4-7,11H,3,8-10H2,1-2H3,(H,15,17)/t11-/m0/s1. The molecule has 6 heteroatoms. The van der Waals surface area contributed by atoms with E-state index >= 15 is 0 Å². The van der Waals surface area contributed by atoms with Crippen LogP contribution in [-0.4, -0.2) is 38.5 Å². The number of carbonyl (C=O) groups excluding carboxylic acids is 1. The number of urea groups is 1. The molecule has 1 aromatic rings. The average molecular weight is 296 g/mol. The van der Waals surface area contributed by atoms with Crippen LogP contribution >= 0.6 is 0 Å². The Labute approximate surface area is 119 Å². The van der Waals surface area contributed by atoms with E-state index in [0.29, 0.717) is 0 Å². The summed E-state index contributed by atoms with van der Waals surface area (Å²) >= 11 is 0. The number of carbonyl (C=O) groups is 1. The topological polar surface area (TPSA) is 66.5 Å². The zero-order chi connectivity index (χ0) is 14.8. The highest BCUT2D eigenvalue weighted by Gasteiger charge is 2.30. The first-order chi connectivity index (χ1) is 9.44. The Morgan fingerprint density at radius 2 is 2.10 bits per heavy atom. The van der Waals surface area contributed by atoms with E-state index in [0.717, 1.165) is 17.7 Å². The van der Waals surface area contributed by atoms with Gasteiger partial charge in [-0.05, 0) is 25.0 Å². The number of hydrogen-bond donors (Lipinski definition) is 1. The summed E-state index contributed by atoms with van der Waals surface area (Å²) in [5.74, 6) is 0.0882. The maximum atomic E-state index is 12.2. The number of benzene rings is 1. The number of nitrogens with one attached hydrogen (secondary N) is 1. The molecule has 0 unspecified atom stereocenters. The van der Waals surface area contributed by atoms with E-state index in [-0.39, 0.29) is 30.1 Å². The van der Waals surface area contributed by atoms with Crippen LogP contribution in [0.25, 0.3) is 0 Å². The van der Waals surface area contributed by atoms with Crippen molar-refractivity contribution in [2.45, 2.75) is 26.3 Å². The van der Waals surface area contributed by atoms with Gasteiger partial charge < -0.3 is 5.32 Å². The highest BCUT2D eigenvalue weighted by atomic mass is 32.2. The molecule has 1 N–H and O–H groups in total. The van der Waals surface area contributed by atoms with E-state index in [1.54, 1.807) is 11.8 Å². The average Bonchev–Trinajstić information content (AvgIpc) is 2.74. The van der Waals surface area contributed by atoms with Gasteiger partial charge >= 0.3 is 6.03 Å². The van der Waals surface area contributed by atoms with Gasteiger partial charge in [0.05, 0.1) is 5.75 Å². The van der Waals surface area contributed by atoms with Crippen molar-refractivity contribution >= 4 is 21.6 Å². The van der Waals surface area contributed by atoms with Crippen LogP contribution < -0.4 is 10.2 Å².